The molecule has 0 fully saturated rings. The minimum Gasteiger partial charge on any atom is -0.398 e. The first-order valence-electron chi connectivity index (χ1n) is 5.63. The minimum absolute atomic E-state index is 0.107. The summed E-state index contributed by atoms with van der Waals surface area (Å²) >= 11 is 9.23. The molecular weight excluding hydrogens is 364 g/mol. The predicted molar refractivity (Wildman–Crippen MR) is 85.6 cm³/mol. The number of sulfonamides is 1. The van der Waals surface area contributed by atoms with Gasteiger partial charge in [-0.3, -0.25) is 4.72 Å². The Morgan fingerprint density at radius 3 is 2.50 bits per heavy atom. The van der Waals surface area contributed by atoms with Gasteiger partial charge in [0, 0.05) is 10.2 Å². The van der Waals surface area contributed by atoms with E-state index >= 15 is 0 Å². The molecule has 4 nitrogen and oxygen atoms in total. The standard InChI is InChI=1S/C13H12BrClN2O2S/c1-8-2-5-13(11(15)6-8)17-20(18,19)9-3-4-12(16)10(14)7-9/h2-7,17H,16H2,1H3. The summed E-state index contributed by atoms with van der Waals surface area (Å²) in [7, 11) is -3.71. The largest absolute Gasteiger partial charge is 0.398 e. The molecule has 20 heavy (non-hydrogen) atoms. The molecule has 0 aliphatic carbocycles. The second-order valence-corrected chi connectivity index (χ2v) is 7.22. The Bertz CT molecular complexity index is 763. The van der Waals surface area contributed by atoms with Crippen LogP contribution in [0, 0.1) is 6.92 Å². The quantitative estimate of drug-likeness (QED) is 0.802. The number of hydrogen-bond donors (Lipinski definition) is 2. The molecule has 0 unspecified atom stereocenters. The van der Waals surface area contributed by atoms with Crippen molar-refractivity contribution in [3.63, 3.8) is 0 Å². The average molecular weight is 376 g/mol. The van der Waals surface area contributed by atoms with Crippen molar-refractivity contribution < 1.29 is 8.42 Å². The lowest BCUT2D eigenvalue weighted by molar-refractivity contribution is 0.601. The molecule has 0 saturated carbocycles. The second kappa shape index (κ2) is 5.63. The smallest absolute Gasteiger partial charge is 0.261 e. The van der Waals surface area contributed by atoms with Crippen LogP contribution in [0.3, 0.4) is 0 Å². The van der Waals surface area contributed by atoms with Gasteiger partial charge in [0.15, 0.2) is 0 Å². The van der Waals surface area contributed by atoms with Gasteiger partial charge in [0.1, 0.15) is 0 Å². The van der Waals surface area contributed by atoms with Crippen molar-refractivity contribution in [3.8, 4) is 0 Å². The topological polar surface area (TPSA) is 72.2 Å². The summed E-state index contributed by atoms with van der Waals surface area (Å²) < 4.78 is 27.5. The van der Waals surface area contributed by atoms with Crippen LogP contribution in [-0.4, -0.2) is 8.42 Å². The van der Waals surface area contributed by atoms with Crippen molar-refractivity contribution in [2.24, 2.45) is 0 Å². The Morgan fingerprint density at radius 1 is 1.20 bits per heavy atom. The van der Waals surface area contributed by atoms with Crippen molar-refractivity contribution in [1.29, 1.82) is 0 Å². The monoisotopic (exact) mass is 374 g/mol. The Kier molecular flexibility index (Phi) is 4.27. The van der Waals surface area contributed by atoms with Gasteiger partial charge in [0.25, 0.3) is 10.0 Å². The third kappa shape index (κ3) is 3.26. The van der Waals surface area contributed by atoms with Crippen LogP contribution >= 0.6 is 27.5 Å². The molecule has 0 spiro atoms. The highest BCUT2D eigenvalue weighted by Gasteiger charge is 2.16. The molecule has 3 N–H and O–H groups in total. The van der Waals surface area contributed by atoms with E-state index in [1.54, 1.807) is 18.2 Å². The van der Waals surface area contributed by atoms with Gasteiger partial charge in [-0.25, -0.2) is 8.42 Å². The molecule has 0 aromatic heterocycles. The number of nitrogen functional groups attached to an aromatic ring is 1. The van der Waals surface area contributed by atoms with Crippen LogP contribution in [-0.2, 0) is 10.0 Å². The first kappa shape index (κ1) is 15.2. The molecule has 2 rings (SSSR count). The van der Waals surface area contributed by atoms with E-state index < -0.39 is 10.0 Å². The van der Waals surface area contributed by atoms with Crippen molar-refractivity contribution in [2.75, 3.05) is 10.5 Å². The minimum atomic E-state index is -3.71. The van der Waals surface area contributed by atoms with Crippen LogP contribution in [0.2, 0.25) is 5.02 Å². The third-order valence-electron chi connectivity index (χ3n) is 2.65. The Hall–Kier alpha value is -1.24. The second-order valence-electron chi connectivity index (χ2n) is 4.27. The lowest BCUT2D eigenvalue weighted by Gasteiger charge is -2.11. The van der Waals surface area contributed by atoms with Crippen molar-refractivity contribution in [1.82, 2.24) is 0 Å². The Morgan fingerprint density at radius 2 is 1.90 bits per heavy atom. The first-order chi connectivity index (χ1) is 9.29. The van der Waals surface area contributed by atoms with Crippen molar-refractivity contribution in [3.05, 3.63) is 51.5 Å². The summed E-state index contributed by atoms with van der Waals surface area (Å²) in [6.45, 7) is 1.88. The highest BCUT2D eigenvalue weighted by Crippen LogP contribution is 2.28. The lowest BCUT2D eigenvalue weighted by Crippen LogP contribution is -2.13. The number of aryl methyl sites for hydroxylation is 1. The number of anilines is 2. The molecule has 0 aliphatic rings. The van der Waals surface area contributed by atoms with E-state index in [0.717, 1.165) is 5.56 Å². The summed E-state index contributed by atoms with van der Waals surface area (Å²) in [4.78, 5) is 0.107. The zero-order chi connectivity index (χ0) is 14.9. The fourth-order valence-electron chi connectivity index (χ4n) is 1.58. The summed E-state index contributed by atoms with van der Waals surface area (Å²) in [6.07, 6.45) is 0. The van der Waals surface area contributed by atoms with Gasteiger partial charge in [-0.2, -0.15) is 0 Å². The van der Waals surface area contributed by atoms with E-state index in [1.165, 1.54) is 18.2 Å². The molecule has 106 valence electrons. The fraction of sp³-hybridized carbons (Fsp3) is 0.0769. The number of hydrogen-bond acceptors (Lipinski definition) is 3. The van der Waals surface area contributed by atoms with E-state index in [9.17, 15) is 8.42 Å². The van der Waals surface area contributed by atoms with Gasteiger partial charge in [0.2, 0.25) is 0 Å². The van der Waals surface area contributed by atoms with Gasteiger partial charge in [-0.05, 0) is 58.7 Å². The normalized spacial score (nSPS) is 11.3. The molecule has 0 atom stereocenters. The number of benzene rings is 2. The zero-order valence-corrected chi connectivity index (χ0v) is 13.7. The predicted octanol–water partition coefficient (Wildman–Crippen LogP) is 3.79. The number of rotatable bonds is 3. The van der Waals surface area contributed by atoms with Crippen LogP contribution in [0.4, 0.5) is 11.4 Å². The maximum Gasteiger partial charge on any atom is 0.261 e. The highest BCUT2D eigenvalue weighted by molar-refractivity contribution is 9.10. The first-order valence-corrected chi connectivity index (χ1v) is 8.29. The fourth-order valence-corrected chi connectivity index (χ4v) is 3.56. The van der Waals surface area contributed by atoms with Crippen LogP contribution in [0.25, 0.3) is 0 Å². The van der Waals surface area contributed by atoms with E-state index in [4.69, 9.17) is 17.3 Å². The maximum absolute atomic E-state index is 12.3. The molecule has 2 aromatic rings. The van der Waals surface area contributed by atoms with E-state index in [0.29, 0.717) is 20.9 Å². The average Bonchev–Trinajstić information content (AvgIpc) is 2.36. The highest BCUT2D eigenvalue weighted by atomic mass is 79.9. The summed E-state index contributed by atoms with van der Waals surface area (Å²) in [5.41, 5.74) is 7.40. The summed E-state index contributed by atoms with van der Waals surface area (Å²) in [5, 5.41) is 0.350. The van der Waals surface area contributed by atoms with Gasteiger partial charge in [-0.1, -0.05) is 17.7 Å². The van der Waals surface area contributed by atoms with Crippen LogP contribution in [0.15, 0.2) is 45.8 Å². The van der Waals surface area contributed by atoms with Crippen LogP contribution in [0.1, 0.15) is 5.56 Å². The number of nitrogens with one attached hydrogen (secondary N) is 1. The van der Waals surface area contributed by atoms with Gasteiger partial charge in [0.05, 0.1) is 15.6 Å². The van der Waals surface area contributed by atoms with Crippen molar-refractivity contribution in [2.45, 2.75) is 11.8 Å². The van der Waals surface area contributed by atoms with E-state index in [-0.39, 0.29) is 4.90 Å². The molecular formula is C13H12BrClN2O2S. The number of halogens is 2. The van der Waals surface area contributed by atoms with Gasteiger partial charge in [-0.15, -0.1) is 0 Å². The molecule has 0 amide bonds. The Balaban J connectivity index is 2.38. The van der Waals surface area contributed by atoms with Crippen LogP contribution < -0.4 is 10.5 Å². The number of nitrogens with two attached hydrogens (primary N) is 1. The lowest BCUT2D eigenvalue weighted by atomic mass is 10.2. The summed E-state index contributed by atoms with van der Waals surface area (Å²) in [5.74, 6) is 0. The van der Waals surface area contributed by atoms with Crippen molar-refractivity contribution >= 4 is 48.9 Å². The summed E-state index contributed by atoms with van der Waals surface area (Å²) in [6, 6.07) is 9.50. The molecule has 0 aliphatic heterocycles. The van der Waals surface area contributed by atoms with Gasteiger partial charge < -0.3 is 5.73 Å². The van der Waals surface area contributed by atoms with E-state index in [1.807, 2.05) is 6.92 Å². The third-order valence-corrected chi connectivity index (χ3v) is 5.01. The molecule has 7 heteroatoms. The molecule has 0 radical (unpaired) electrons. The SMILES string of the molecule is Cc1ccc(NS(=O)(=O)c2ccc(N)c(Br)c2)c(Cl)c1. The van der Waals surface area contributed by atoms with Gasteiger partial charge >= 0.3 is 0 Å². The molecule has 0 heterocycles. The molecule has 2 aromatic carbocycles. The zero-order valence-electron chi connectivity index (χ0n) is 10.5. The Labute approximate surface area is 131 Å². The molecule has 0 bridgehead atoms. The van der Waals surface area contributed by atoms with E-state index in [2.05, 4.69) is 20.7 Å². The van der Waals surface area contributed by atoms with Crippen LogP contribution in [0.5, 0.6) is 0 Å². The molecule has 0 saturated heterocycles. The maximum atomic E-state index is 12.3.